The van der Waals surface area contributed by atoms with Crippen molar-refractivity contribution >= 4 is 34.1 Å². The summed E-state index contributed by atoms with van der Waals surface area (Å²) in [5.41, 5.74) is 9.93. The van der Waals surface area contributed by atoms with Gasteiger partial charge in [-0.05, 0) is 86.6 Å². The van der Waals surface area contributed by atoms with Crippen LogP contribution in [0.5, 0.6) is 0 Å². The van der Waals surface area contributed by atoms with E-state index in [0.717, 1.165) is 56.9 Å². The summed E-state index contributed by atoms with van der Waals surface area (Å²) in [6, 6.07) is 50.2. The highest BCUT2D eigenvalue weighted by molar-refractivity contribution is 5.81. The number of anilines is 6. The van der Waals surface area contributed by atoms with E-state index >= 15 is 0 Å². The molecule has 0 saturated heterocycles. The van der Waals surface area contributed by atoms with Crippen LogP contribution >= 0.6 is 0 Å². The van der Waals surface area contributed by atoms with Gasteiger partial charge in [-0.1, -0.05) is 72.8 Å². The van der Waals surface area contributed by atoms with Crippen molar-refractivity contribution < 1.29 is 0 Å². The molecule has 0 N–H and O–H groups in total. The highest BCUT2D eigenvalue weighted by Gasteiger charge is 2.18. The fourth-order valence-electron chi connectivity index (χ4n) is 5.02. The molecule has 0 aliphatic rings. The monoisotopic (exact) mass is 518 g/mol. The van der Waals surface area contributed by atoms with E-state index in [9.17, 15) is 0 Å². The molecule has 0 fully saturated rings. The summed E-state index contributed by atoms with van der Waals surface area (Å²) in [4.78, 5) is 14.4. The molecule has 0 amide bonds. The number of nitrogens with zero attached hydrogens (tertiary/aromatic N) is 4. The normalized spacial score (nSPS) is 10.8. The lowest BCUT2D eigenvalue weighted by Gasteiger charge is -2.27. The maximum atomic E-state index is 4.95. The molecule has 0 unspecified atom stereocenters. The van der Waals surface area contributed by atoms with Crippen molar-refractivity contribution in [2.75, 3.05) is 9.80 Å². The van der Waals surface area contributed by atoms with Crippen molar-refractivity contribution in [1.29, 1.82) is 0 Å². The fourth-order valence-corrected chi connectivity index (χ4v) is 5.02. The van der Waals surface area contributed by atoms with Gasteiger partial charge in [-0.15, -0.1) is 0 Å². The molecular formula is C36H30N4. The van der Waals surface area contributed by atoms with Crippen molar-refractivity contribution in [1.82, 2.24) is 9.97 Å². The molecule has 194 valence electrons. The predicted molar refractivity (Wildman–Crippen MR) is 166 cm³/mol. The summed E-state index contributed by atoms with van der Waals surface area (Å²) in [6.45, 7) is 4.08. The third kappa shape index (κ3) is 5.33. The van der Waals surface area contributed by atoms with E-state index in [2.05, 4.69) is 131 Å². The van der Waals surface area contributed by atoms with Crippen molar-refractivity contribution in [2.45, 2.75) is 13.8 Å². The molecule has 0 saturated carbocycles. The van der Waals surface area contributed by atoms with Gasteiger partial charge in [-0.2, -0.15) is 0 Å². The van der Waals surface area contributed by atoms with Crippen LogP contribution in [0.4, 0.5) is 34.1 Å². The predicted octanol–water partition coefficient (Wildman–Crippen LogP) is 9.70. The minimum atomic E-state index is 0.831. The van der Waals surface area contributed by atoms with E-state index in [4.69, 9.17) is 9.97 Å². The molecule has 6 aromatic rings. The Bertz CT molecular complexity index is 1490. The summed E-state index contributed by atoms with van der Waals surface area (Å²) in [5, 5.41) is 0. The van der Waals surface area contributed by atoms with Crippen LogP contribution < -0.4 is 9.80 Å². The number of para-hydroxylation sites is 4. The van der Waals surface area contributed by atoms with Gasteiger partial charge in [0.2, 0.25) is 0 Å². The summed E-state index contributed by atoms with van der Waals surface area (Å²) in [7, 11) is 0. The van der Waals surface area contributed by atoms with Crippen LogP contribution in [0.15, 0.2) is 146 Å². The summed E-state index contributed by atoms with van der Waals surface area (Å²) < 4.78 is 0. The molecule has 40 heavy (non-hydrogen) atoms. The zero-order valence-corrected chi connectivity index (χ0v) is 22.6. The Balaban J connectivity index is 1.49. The quantitative estimate of drug-likeness (QED) is 0.211. The van der Waals surface area contributed by atoms with Crippen molar-refractivity contribution in [3.05, 3.63) is 157 Å². The molecule has 0 aliphatic carbocycles. The smallest absolute Gasteiger partial charge is 0.0911 e. The Labute approximate surface area is 235 Å². The first-order chi connectivity index (χ1) is 19.7. The lowest BCUT2D eigenvalue weighted by molar-refractivity contribution is 1.13. The van der Waals surface area contributed by atoms with E-state index in [1.807, 2.05) is 38.1 Å². The summed E-state index contributed by atoms with van der Waals surface area (Å²) in [5.74, 6) is 0. The van der Waals surface area contributed by atoms with Crippen LogP contribution in [0.3, 0.4) is 0 Å². The Kier molecular flexibility index (Phi) is 7.06. The van der Waals surface area contributed by atoms with Crippen LogP contribution in [0, 0.1) is 13.8 Å². The average Bonchev–Trinajstić information content (AvgIpc) is 2.99. The van der Waals surface area contributed by atoms with Gasteiger partial charge < -0.3 is 9.80 Å². The first-order valence-electron chi connectivity index (χ1n) is 13.4. The number of aryl methyl sites for hydroxylation is 2. The fraction of sp³-hybridized carbons (Fsp3) is 0.0556. The highest BCUT2D eigenvalue weighted by Crippen LogP contribution is 2.38. The molecule has 4 aromatic carbocycles. The molecule has 4 nitrogen and oxygen atoms in total. The standard InChI is InChI=1S/C36H30N4/c1-27-23-33(39(29-15-7-3-8-16-29)30-17-9-4-10-18-30)25-35(37-27)36-26-34(24-28(2)38-36)40(31-19-11-5-12-20-31)32-21-13-6-14-22-32/h3-26H,1-2H3. The molecule has 0 radical (unpaired) electrons. The second-order valence-corrected chi connectivity index (χ2v) is 9.72. The third-order valence-electron chi connectivity index (χ3n) is 6.71. The van der Waals surface area contributed by atoms with Gasteiger partial charge in [0.1, 0.15) is 0 Å². The lowest BCUT2D eigenvalue weighted by atomic mass is 10.1. The highest BCUT2D eigenvalue weighted by atomic mass is 15.2. The third-order valence-corrected chi connectivity index (χ3v) is 6.71. The van der Waals surface area contributed by atoms with E-state index in [1.54, 1.807) is 0 Å². The average molecular weight is 519 g/mol. The number of pyridine rings is 2. The largest absolute Gasteiger partial charge is 0.310 e. The second kappa shape index (κ2) is 11.3. The van der Waals surface area contributed by atoms with E-state index < -0.39 is 0 Å². The van der Waals surface area contributed by atoms with E-state index in [1.165, 1.54) is 0 Å². The van der Waals surface area contributed by atoms with Gasteiger partial charge >= 0.3 is 0 Å². The number of rotatable bonds is 7. The van der Waals surface area contributed by atoms with Crippen molar-refractivity contribution in [2.24, 2.45) is 0 Å². The Morgan fingerprint density at radius 2 is 0.625 bits per heavy atom. The van der Waals surface area contributed by atoms with Crippen LogP contribution in [0.25, 0.3) is 11.4 Å². The zero-order valence-electron chi connectivity index (χ0n) is 22.6. The molecule has 0 bridgehead atoms. The van der Waals surface area contributed by atoms with Crippen LogP contribution in [0.1, 0.15) is 11.4 Å². The van der Waals surface area contributed by atoms with Gasteiger partial charge in [-0.25, -0.2) is 0 Å². The molecule has 6 rings (SSSR count). The molecule has 2 aromatic heterocycles. The first kappa shape index (κ1) is 25.1. The molecule has 0 aliphatic heterocycles. The van der Waals surface area contributed by atoms with Crippen molar-refractivity contribution in [3.8, 4) is 11.4 Å². The Morgan fingerprint density at radius 3 is 0.900 bits per heavy atom. The minimum absolute atomic E-state index is 0.831. The van der Waals surface area contributed by atoms with Gasteiger partial charge in [0.15, 0.2) is 0 Å². The van der Waals surface area contributed by atoms with Crippen LogP contribution in [-0.2, 0) is 0 Å². The topological polar surface area (TPSA) is 32.3 Å². The zero-order chi connectivity index (χ0) is 27.3. The Hall–Kier alpha value is -5.22. The SMILES string of the molecule is Cc1cc(N(c2ccccc2)c2ccccc2)cc(-c2cc(N(c3ccccc3)c3ccccc3)cc(C)n2)n1. The number of hydrogen-bond acceptors (Lipinski definition) is 4. The molecule has 2 heterocycles. The number of hydrogen-bond donors (Lipinski definition) is 0. The molecule has 0 spiro atoms. The van der Waals surface area contributed by atoms with Gasteiger partial charge in [0.25, 0.3) is 0 Å². The maximum absolute atomic E-state index is 4.95. The summed E-state index contributed by atoms with van der Waals surface area (Å²) >= 11 is 0. The molecule has 0 atom stereocenters. The number of benzene rings is 4. The second-order valence-electron chi connectivity index (χ2n) is 9.72. The number of aromatic nitrogens is 2. The van der Waals surface area contributed by atoms with Crippen LogP contribution in [0.2, 0.25) is 0 Å². The Morgan fingerprint density at radius 1 is 0.350 bits per heavy atom. The first-order valence-corrected chi connectivity index (χ1v) is 13.4. The molecule has 4 heteroatoms. The van der Waals surface area contributed by atoms with E-state index in [0.29, 0.717) is 0 Å². The molecular weight excluding hydrogens is 488 g/mol. The van der Waals surface area contributed by atoms with Gasteiger partial charge in [0, 0.05) is 34.1 Å². The maximum Gasteiger partial charge on any atom is 0.0911 e. The van der Waals surface area contributed by atoms with Gasteiger partial charge in [-0.3, -0.25) is 9.97 Å². The van der Waals surface area contributed by atoms with Gasteiger partial charge in [0.05, 0.1) is 22.8 Å². The summed E-state index contributed by atoms with van der Waals surface area (Å²) in [6.07, 6.45) is 0. The van der Waals surface area contributed by atoms with Crippen molar-refractivity contribution in [3.63, 3.8) is 0 Å². The van der Waals surface area contributed by atoms with Crippen LogP contribution in [-0.4, -0.2) is 9.97 Å². The minimum Gasteiger partial charge on any atom is -0.310 e. The lowest BCUT2D eigenvalue weighted by Crippen LogP contribution is -2.12. The van der Waals surface area contributed by atoms with E-state index in [-0.39, 0.29) is 0 Å².